The van der Waals surface area contributed by atoms with Crippen molar-refractivity contribution in [2.24, 2.45) is 0 Å². The van der Waals surface area contributed by atoms with Gasteiger partial charge in [0.15, 0.2) is 6.79 Å². The minimum atomic E-state index is 0.302. The Bertz CT molecular complexity index is 378. The summed E-state index contributed by atoms with van der Waals surface area (Å²) in [4.78, 5) is 2.38. The van der Waals surface area contributed by atoms with Crippen LogP contribution >= 0.6 is 0 Å². The first-order valence-electron chi connectivity index (χ1n) is 7.51. The largest absolute Gasteiger partial charge is 0.497 e. The topological polar surface area (TPSA) is 30.9 Å². The molecule has 1 aromatic rings. The van der Waals surface area contributed by atoms with E-state index in [9.17, 15) is 0 Å². The Labute approximate surface area is 128 Å². The Balaban J connectivity index is 2.20. The summed E-state index contributed by atoms with van der Waals surface area (Å²) in [5.41, 5.74) is 1.24. The number of ether oxygens (including phenoxy) is 3. The van der Waals surface area contributed by atoms with Gasteiger partial charge in [-0.25, -0.2) is 0 Å². The highest BCUT2D eigenvalue weighted by molar-refractivity contribution is 5.48. The Morgan fingerprint density at radius 3 is 2.52 bits per heavy atom. The van der Waals surface area contributed by atoms with Crippen LogP contribution < -0.4 is 9.64 Å². The third-order valence-electron chi connectivity index (χ3n) is 3.31. The molecule has 0 saturated heterocycles. The van der Waals surface area contributed by atoms with Gasteiger partial charge in [-0.2, -0.15) is 0 Å². The summed E-state index contributed by atoms with van der Waals surface area (Å²) >= 11 is 0. The van der Waals surface area contributed by atoms with Gasteiger partial charge in [0.05, 0.1) is 20.0 Å². The number of hydrogen-bond acceptors (Lipinski definition) is 4. The van der Waals surface area contributed by atoms with E-state index in [4.69, 9.17) is 14.2 Å². The second-order valence-corrected chi connectivity index (χ2v) is 4.70. The van der Waals surface area contributed by atoms with E-state index in [0.29, 0.717) is 6.79 Å². The lowest BCUT2D eigenvalue weighted by Crippen LogP contribution is -2.23. The zero-order valence-corrected chi connectivity index (χ0v) is 13.2. The average Bonchev–Trinajstić information content (AvgIpc) is 2.54. The molecule has 0 spiro atoms. The second kappa shape index (κ2) is 11.0. The van der Waals surface area contributed by atoms with Gasteiger partial charge >= 0.3 is 0 Å². The van der Waals surface area contributed by atoms with Crippen LogP contribution in [-0.4, -0.2) is 33.6 Å². The predicted molar refractivity (Wildman–Crippen MR) is 86.8 cm³/mol. The Kier molecular flexibility index (Phi) is 9.13. The van der Waals surface area contributed by atoms with Gasteiger partial charge in [0, 0.05) is 18.8 Å². The monoisotopic (exact) mass is 293 g/mol. The maximum atomic E-state index is 5.30. The molecule has 0 bridgehead atoms. The van der Waals surface area contributed by atoms with E-state index < -0.39 is 0 Å². The molecule has 0 atom stereocenters. The Hall–Kier alpha value is -1.68. The summed E-state index contributed by atoms with van der Waals surface area (Å²) in [6.45, 7) is 8.75. The molecule has 21 heavy (non-hydrogen) atoms. The summed E-state index contributed by atoms with van der Waals surface area (Å²) in [6.07, 6.45) is 4.76. The molecule has 1 rings (SSSR count). The van der Waals surface area contributed by atoms with Crippen LogP contribution in [0, 0.1) is 0 Å². The lowest BCUT2D eigenvalue weighted by Gasteiger charge is -2.23. The van der Waals surface area contributed by atoms with E-state index in [-0.39, 0.29) is 0 Å². The van der Waals surface area contributed by atoms with Crippen molar-refractivity contribution in [3.05, 3.63) is 37.1 Å². The molecule has 0 N–H and O–H groups in total. The fourth-order valence-electron chi connectivity index (χ4n) is 2.10. The zero-order valence-electron chi connectivity index (χ0n) is 13.2. The maximum Gasteiger partial charge on any atom is 0.188 e. The van der Waals surface area contributed by atoms with Crippen molar-refractivity contribution in [3.63, 3.8) is 0 Å². The molecule has 1 aromatic carbocycles. The molecule has 0 radical (unpaired) electrons. The van der Waals surface area contributed by atoms with E-state index in [1.807, 2.05) is 12.1 Å². The first-order valence-corrected chi connectivity index (χ1v) is 7.51. The van der Waals surface area contributed by atoms with Gasteiger partial charge in [0.1, 0.15) is 5.75 Å². The molecule has 0 amide bonds. The maximum absolute atomic E-state index is 5.30. The molecule has 0 heterocycles. The standard InChI is InChI=1S/C17H27NO3/c1-4-18(16-9-11-17(19-3)12-10-16)13-7-6-8-14-21-15-20-5-2/h5,9-12H,2,4,6-8,13-15H2,1,3H3. The summed E-state index contributed by atoms with van der Waals surface area (Å²) in [5.74, 6) is 0.897. The summed E-state index contributed by atoms with van der Waals surface area (Å²) in [5, 5.41) is 0. The lowest BCUT2D eigenvalue weighted by molar-refractivity contribution is -0.0122. The van der Waals surface area contributed by atoms with Gasteiger partial charge in [0.25, 0.3) is 0 Å². The first kappa shape index (κ1) is 17.4. The number of rotatable bonds is 12. The molecule has 0 aliphatic rings. The highest BCUT2D eigenvalue weighted by Gasteiger charge is 2.04. The number of hydrogen-bond donors (Lipinski definition) is 0. The number of methoxy groups -OCH3 is 1. The van der Waals surface area contributed by atoms with E-state index in [0.717, 1.165) is 44.7 Å². The van der Waals surface area contributed by atoms with Crippen LogP contribution in [-0.2, 0) is 9.47 Å². The fraction of sp³-hybridized carbons (Fsp3) is 0.529. The van der Waals surface area contributed by atoms with Crippen molar-refractivity contribution in [2.45, 2.75) is 26.2 Å². The molecule has 118 valence electrons. The number of anilines is 1. The van der Waals surface area contributed by atoms with Gasteiger partial charge in [-0.1, -0.05) is 6.58 Å². The number of benzene rings is 1. The zero-order chi connectivity index (χ0) is 15.3. The predicted octanol–water partition coefficient (Wildman–Crippen LogP) is 3.83. The van der Waals surface area contributed by atoms with E-state index >= 15 is 0 Å². The highest BCUT2D eigenvalue weighted by Crippen LogP contribution is 2.19. The second-order valence-electron chi connectivity index (χ2n) is 4.70. The minimum Gasteiger partial charge on any atom is -0.497 e. The molecular weight excluding hydrogens is 266 g/mol. The SMILES string of the molecule is C=COCOCCCCCN(CC)c1ccc(OC)cc1. The van der Waals surface area contributed by atoms with Crippen LogP contribution in [0.3, 0.4) is 0 Å². The van der Waals surface area contributed by atoms with Crippen LogP contribution in [0.1, 0.15) is 26.2 Å². The normalized spacial score (nSPS) is 10.2. The van der Waals surface area contributed by atoms with Gasteiger partial charge in [-0.05, 0) is 50.5 Å². The Morgan fingerprint density at radius 2 is 1.90 bits per heavy atom. The summed E-state index contributed by atoms with van der Waals surface area (Å²) < 4.78 is 15.4. The van der Waals surface area contributed by atoms with Crippen LogP contribution in [0.5, 0.6) is 5.75 Å². The van der Waals surface area contributed by atoms with Crippen molar-refractivity contribution in [1.29, 1.82) is 0 Å². The van der Waals surface area contributed by atoms with Crippen molar-refractivity contribution >= 4 is 5.69 Å². The fourth-order valence-corrected chi connectivity index (χ4v) is 2.10. The smallest absolute Gasteiger partial charge is 0.188 e. The molecule has 0 saturated carbocycles. The van der Waals surface area contributed by atoms with E-state index in [2.05, 4.69) is 30.5 Å². The van der Waals surface area contributed by atoms with Crippen LogP contribution in [0.4, 0.5) is 5.69 Å². The molecule has 0 fully saturated rings. The van der Waals surface area contributed by atoms with Crippen molar-refractivity contribution in [3.8, 4) is 5.75 Å². The molecule has 0 aliphatic carbocycles. The number of unbranched alkanes of at least 4 members (excludes halogenated alkanes) is 2. The van der Waals surface area contributed by atoms with Crippen molar-refractivity contribution in [1.82, 2.24) is 0 Å². The summed E-state index contributed by atoms with van der Waals surface area (Å²) in [6, 6.07) is 8.23. The Morgan fingerprint density at radius 1 is 1.14 bits per heavy atom. The van der Waals surface area contributed by atoms with Gasteiger partial charge in [-0.15, -0.1) is 0 Å². The molecular formula is C17H27NO3. The van der Waals surface area contributed by atoms with Gasteiger partial charge in [-0.3, -0.25) is 0 Å². The molecule has 0 unspecified atom stereocenters. The first-order chi connectivity index (χ1) is 10.3. The van der Waals surface area contributed by atoms with Crippen molar-refractivity contribution in [2.75, 3.05) is 38.5 Å². The minimum absolute atomic E-state index is 0.302. The van der Waals surface area contributed by atoms with Gasteiger partial charge < -0.3 is 19.1 Å². The van der Waals surface area contributed by atoms with Crippen LogP contribution in [0.25, 0.3) is 0 Å². The molecule has 4 heteroatoms. The van der Waals surface area contributed by atoms with Crippen LogP contribution in [0.15, 0.2) is 37.1 Å². The lowest BCUT2D eigenvalue weighted by atomic mass is 10.2. The molecule has 0 aromatic heterocycles. The highest BCUT2D eigenvalue weighted by atomic mass is 16.7. The average molecular weight is 293 g/mol. The molecule has 4 nitrogen and oxygen atoms in total. The quantitative estimate of drug-likeness (QED) is 0.333. The van der Waals surface area contributed by atoms with E-state index in [1.54, 1.807) is 7.11 Å². The van der Waals surface area contributed by atoms with Crippen molar-refractivity contribution < 1.29 is 14.2 Å². The third-order valence-corrected chi connectivity index (χ3v) is 3.31. The third kappa shape index (κ3) is 7.04. The number of nitrogens with zero attached hydrogens (tertiary/aromatic N) is 1. The summed E-state index contributed by atoms with van der Waals surface area (Å²) in [7, 11) is 1.69. The molecule has 0 aliphatic heterocycles. The van der Waals surface area contributed by atoms with Gasteiger partial charge in [0.2, 0.25) is 0 Å². The van der Waals surface area contributed by atoms with Crippen LogP contribution in [0.2, 0.25) is 0 Å². The van der Waals surface area contributed by atoms with E-state index in [1.165, 1.54) is 11.9 Å².